The van der Waals surface area contributed by atoms with E-state index in [0.29, 0.717) is 5.56 Å². The normalized spacial score (nSPS) is 9.60. The largest absolute Gasteiger partial charge is 0.263 e. The van der Waals surface area contributed by atoms with Gasteiger partial charge in [0.1, 0.15) is 6.07 Å². The van der Waals surface area contributed by atoms with Gasteiger partial charge in [-0.05, 0) is 18.6 Å². The van der Waals surface area contributed by atoms with Crippen LogP contribution >= 0.6 is 0 Å². The van der Waals surface area contributed by atoms with Crippen molar-refractivity contribution in [1.29, 1.82) is 5.26 Å². The number of pyridine rings is 1. The zero-order valence-electron chi connectivity index (χ0n) is 8.44. The summed E-state index contributed by atoms with van der Waals surface area (Å²) in [4.78, 5) is 4.03. The van der Waals surface area contributed by atoms with E-state index < -0.39 is 0 Å². The Morgan fingerprint density at radius 3 is 2.47 bits per heavy atom. The fourth-order valence-electron chi connectivity index (χ4n) is 1.40. The van der Waals surface area contributed by atoms with Gasteiger partial charge in [0.2, 0.25) is 0 Å². The number of benzene rings is 1. The number of aryl methyl sites for hydroxylation is 1. The molecule has 0 aliphatic heterocycles. The zero-order chi connectivity index (χ0) is 10.7. The molecule has 1 aromatic heterocycles. The van der Waals surface area contributed by atoms with Gasteiger partial charge in [0.05, 0.1) is 5.56 Å². The molecule has 1 heterocycles. The second kappa shape index (κ2) is 3.93. The third-order valence-electron chi connectivity index (χ3n) is 2.25. The first kappa shape index (κ1) is 9.42. The standard InChI is InChI=1S/C13H10N2/c1-10-2-4-12(5-3-10)13-6-11(7-14)8-15-9-13/h2-6,8-9H,1H3. The summed E-state index contributed by atoms with van der Waals surface area (Å²) in [6, 6.07) is 12.1. The topological polar surface area (TPSA) is 36.7 Å². The van der Waals surface area contributed by atoms with Crippen molar-refractivity contribution in [2.24, 2.45) is 0 Å². The van der Waals surface area contributed by atoms with Crippen molar-refractivity contribution in [3.8, 4) is 17.2 Å². The van der Waals surface area contributed by atoms with Gasteiger partial charge in [-0.2, -0.15) is 5.26 Å². The molecule has 2 rings (SSSR count). The van der Waals surface area contributed by atoms with Crippen molar-refractivity contribution in [3.05, 3.63) is 53.9 Å². The second-order valence-electron chi connectivity index (χ2n) is 3.44. The van der Waals surface area contributed by atoms with Crippen LogP contribution in [0.3, 0.4) is 0 Å². The molecule has 0 radical (unpaired) electrons. The molecule has 2 aromatic rings. The van der Waals surface area contributed by atoms with E-state index in [1.807, 2.05) is 37.3 Å². The molecule has 0 N–H and O–H groups in total. The van der Waals surface area contributed by atoms with Crippen LogP contribution in [0.4, 0.5) is 0 Å². The summed E-state index contributed by atoms with van der Waals surface area (Å²) in [5.41, 5.74) is 3.88. The average Bonchev–Trinajstić information content (AvgIpc) is 2.30. The maximum atomic E-state index is 8.76. The molecule has 0 fully saturated rings. The Bertz CT molecular complexity index is 507. The number of hydrogen-bond acceptors (Lipinski definition) is 2. The van der Waals surface area contributed by atoms with Crippen LogP contribution in [0, 0.1) is 18.3 Å². The Hall–Kier alpha value is -2.14. The van der Waals surface area contributed by atoms with Crippen molar-refractivity contribution in [2.75, 3.05) is 0 Å². The smallest absolute Gasteiger partial charge is 0.101 e. The molecule has 2 heteroatoms. The number of nitriles is 1. The molecule has 0 aliphatic carbocycles. The molecule has 1 aromatic carbocycles. The summed E-state index contributed by atoms with van der Waals surface area (Å²) < 4.78 is 0. The summed E-state index contributed by atoms with van der Waals surface area (Å²) in [5.74, 6) is 0. The molecule has 0 aliphatic rings. The van der Waals surface area contributed by atoms with Crippen LogP contribution in [0.15, 0.2) is 42.7 Å². The molecular weight excluding hydrogens is 184 g/mol. The first-order valence-electron chi connectivity index (χ1n) is 4.72. The van der Waals surface area contributed by atoms with Gasteiger partial charge in [-0.15, -0.1) is 0 Å². The lowest BCUT2D eigenvalue weighted by molar-refractivity contribution is 1.30. The van der Waals surface area contributed by atoms with Gasteiger partial charge < -0.3 is 0 Å². The third-order valence-corrected chi connectivity index (χ3v) is 2.25. The number of nitrogens with zero attached hydrogens (tertiary/aromatic N) is 2. The molecule has 15 heavy (non-hydrogen) atoms. The van der Waals surface area contributed by atoms with E-state index >= 15 is 0 Å². The van der Waals surface area contributed by atoms with Crippen molar-refractivity contribution < 1.29 is 0 Å². The van der Waals surface area contributed by atoms with E-state index in [-0.39, 0.29) is 0 Å². The average molecular weight is 194 g/mol. The van der Waals surface area contributed by atoms with Crippen molar-refractivity contribution in [2.45, 2.75) is 6.92 Å². The lowest BCUT2D eigenvalue weighted by atomic mass is 10.1. The van der Waals surface area contributed by atoms with Crippen LogP contribution in [0.1, 0.15) is 11.1 Å². The van der Waals surface area contributed by atoms with E-state index in [1.54, 1.807) is 12.4 Å². The van der Waals surface area contributed by atoms with Crippen LogP contribution in [0.25, 0.3) is 11.1 Å². The van der Waals surface area contributed by atoms with Crippen LogP contribution < -0.4 is 0 Å². The highest BCUT2D eigenvalue weighted by atomic mass is 14.6. The quantitative estimate of drug-likeness (QED) is 0.699. The van der Waals surface area contributed by atoms with Crippen LogP contribution in [0.2, 0.25) is 0 Å². The predicted octanol–water partition coefficient (Wildman–Crippen LogP) is 2.93. The number of aromatic nitrogens is 1. The first-order valence-corrected chi connectivity index (χ1v) is 4.72. The maximum absolute atomic E-state index is 8.76. The highest BCUT2D eigenvalue weighted by Gasteiger charge is 1.98. The van der Waals surface area contributed by atoms with Gasteiger partial charge >= 0.3 is 0 Å². The first-order chi connectivity index (χ1) is 7.29. The van der Waals surface area contributed by atoms with E-state index in [4.69, 9.17) is 5.26 Å². The molecule has 0 bridgehead atoms. The van der Waals surface area contributed by atoms with Crippen LogP contribution in [0.5, 0.6) is 0 Å². The van der Waals surface area contributed by atoms with Gasteiger partial charge in [-0.3, -0.25) is 4.98 Å². The Balaban J connectivity index is 2.46. The van der Waals surface area contributed by atoms with Crippen LogP contribution in [-0.2, 0) is 0 Å². The van der Waals surface area contributed by atoms with E-state index in [2.05, 4.69) is 11.1 Å². The van der Waals surface area contributed by atoms with Crippen molar-refractivity contribution in [1.82, 2.24) is 4.98 Å². The summed E-state index contributed by atoms with van der Waals surface area (Å²) in [6.45, 7) is 2.05. The highest BCUT2D eigenvalue weighted by molar-refractivity contribution is 5.64. The predicted molar refractivity (Wildman–Crippen MR) is 59.1 cm³/mol. The molecule has 2 nitrogen and oxygen atoms in total. The van der Waals surface area contributed by atoms with Crippen LogP contribution in [-0.4, -0.2) is 4.98 Å². The van der Waals surface area contributed by atoms with Gasteiger partial charge in [0.15, 0.2) is 0 Å². The monoisotopic (exact) mass is 194 g/mol. The number of rotatable bonds is 1. The fraction of sp³-hybridized carbons (Fsp3) is 0.0769. The lowest BCUT2D eigenvalue weighted by Crippen LogP contribution is -1.83. The third kappa shape index (κ3) is 2.03. The van der Waals surface area contributed by atoms with Gasteiger partial charge in [0.25, 0.3) is 0 Å². The summed E-state index contributed by atoms with van der Waals surface area (Å²) in [7, 11) is 0. The van der Waals surface area contributed by atoms with Crippen molar-refractivity contribution in [3.63, 3.8) is 0 Å². The second-order valence-corrected chi connectivity index (χ2v) is 3.44. The Morgan fingerprint density at radius 1 is 1.07 bits per heavy atom. The Kier molecular flexibility index (Phi) is 2.47. The van der Waals surface area contributed by atoms with Gasteiger partial charge in [0, 0.05) is 18.0 Å². The van der Waals surface area contributed by atoms with Gasteiger partial charge in [-0.25, -0.2) is 0 Å². The Morgan fingerprint density at radius 2 is 1.80 bits per heavy atom. The van der Waals surface area contributed by atoms with E-state index in [1.165, 1.54) is 5.56 Å². The molecule has 0 saturated carbocycles. The molecule has 0 atom stereocenters. The van der Waals surface area contributed by atoms with Gasteiger partial charge in [-0.1, -0.05) is 29.8 Å². The molecule has 0 unspecified atom stereocenters. The minimum atomic E-state index is 0.591. The molecular formula is C13H10N2. The summed E-state index contributed by atoms with van der Waals surface area (Å²) in [6.07, 6.45) is 3.34. The summed E-state index contributed by atoms with van der Waals surface area (Å²) >= 11 is 0. The SMILES string of the molecule is Cc1ccc(-c2cncc(C#N)c2)cc1. The fourth-order valence-corrected chi connectivity index (χ4v) is 1.40. The number of hydrogen-bond donors (Lipinski definition) is 0. The molecule has 72 valence electrons. The molecule has 0 saturated heterocycles. The lowest BCUT2D eigenvalue weighted by Gasteiger charge is -2.01. The molecule has 0 spiro atoms. The van der Waals surface area contributed by atoms with Crippen molar-refractivity contribution >= 4 is 0 Å². The van der Waals surface area contributed by atoms with E-state index in [0.717, 1.165) is 11.1 Å². The Labute approximate surface area is 88.8 Å². The maximum Gasteiger partial charge on any atom is 0.101 e. The zero-order valence-corrected chi connectivity index (χ0v) is 8.44. The minimum Gasteiger partial charge on any atom is -0.263 e. The highest BCUT2D eigenvalue weighted by Crippen LogP contribution is 2.19. The minimum absolute atomic E-state index is 0.591. The summed E-state index contributed by atoms with van der Waals surface area (Å²) in [5, 5.41) is 8.76. The molecule has 0 amide bonds. The van der Waals surface area contributed by atoms with E-state index in [9.17, 15) is 0 Å².